The predicted octanol–water partition coefficient (Wildman–Crippen LogP) is 3.95. The number of benzene rings is 2. The van der Waals surface area contributed by atoms with Crippen LogP contribution in [-0.4, -0.2) is 15.8 Å². The van der Waals surface area contributed by atoms with E-state index in [0.717, 1.165) is 18.4 Å². The van der Waals surface area contributed by atoms with Gasteiger partial charge >= 0.3 is 0 Å². The minimum Gasteiger partial charge on any atom is -0.325 e. The molecular weight excluding hydrogens is 338 g/mol. The van der Waals surface area contributed by atoms with Crippen LogP contribution in [0.1, 0.15) is 31.2 Å². The van der Waals surface area contributed by atoms with Gasteiger partial charge in [0.1, 0.15) is 0 Å². The maximum absolute atomic E-state index is 13.0. The number of nitro groups is 2. The van der Waals surface area contributed by atoms with Crippen molar-refractivity contribution < 1.29 is 14.6 Å². The quantitative estimate of drug-likeness (QED) is 0.644. The number of non-ortho nitro benzene ring substituents is 2. The smallest absolute Gasteiger partial charge is 0.271 e. The molecule has 2 aromatic carbocycles. The lowest BCUT2D eigenvalue weighted by molar-refractivity contribution is -0.385. The van der Waals surface area contributed by atoms with Crippen molar-refractivity contribution >= 4 is 23.0 Å². The summed E-state index contributed by atoms with van der Waals surface area (Å²) in [5.41, 5.74) is 0.181. The molecule has 2 aromatic rings. The second-order valence-corrected chi connectivity index (χ2v) is 6.35. The average Bonchev–Trinajstić information content (AvgIpc) is 3.13. The van der Waals surface area contributed by atoms with E-state index in [2.05, 4.69) is 5.32 Å². The standard InChI is InChI=1S/C18H17N3O5/c22-17(19-14-4-3-5-16(12-14)21(25)26)18(10-1-2-11-18)13-6-8-15(9-7-13)20(23)24/h3-9,12H,1-2,10-11H2,(H,19,22). The molecule has 0 aliphatic heterocycles. The van der Waals surface area contributed by atoms with Gasteiger partial charge in [0.25, 0.3) is 11.4 Å². The lowest BCUT2D eigenvalue weighted by Gasteiger charge is -2.28. The Bertz CT molecular complexity index is 857. The van der Waals surface area contributed by atoms with E-state index >= 15 is 0 Å². The number of carbonyl (C=O) groups is 1. The summed E-state index contributed by atoms with van der Waals surface area (Å²) >= 11 is 0. The first-order chi connectivity index (χ1) is 12.4. The molecule has 1 aliphatic carbocycles. The zero-order chi connectivity index (χ0) is 18.7. The van der Waals surface area contributed by atoms with Crippen LogP contribution in [0.15, 0.2) is 48.5 Å². The fraction of sp³-hybridized carbons (Fsp3) is 0.278. The Balaban J connectivity index is 1.89. The first kappa shape index (κ1) is 17.5. The Kier molecular flexibility index (Phi) is 4.66. The number of carbonyl (C=O) groups excluding carboxylic acids is 1. The number of nitrogens with one attached hydrogen (secondary N) is 1. The van der Waals surface area contributed by atoms with Gasteiger partial charge in [0.05, 0.1) is 15.3 Å². The Hall–Kier alpha value is -3.29. The molecule has 1 aliphatic rings. The van der Waals surface area contributed by atoms with Gasteiger partial charge in [-0.2, -0.15) is 0 Å². The van der Waals surface area contributed by atoms with E-state index < -0.39 is 15.3 Å². The van der Waals surface area contributed by atoms with Gasteiger partial charge in [-0.05, 0) is 24.5 Å². The van der Waals surface area contributed by atoms with Crippen LogP contribution in [0.4, 0.5) is 17.1 Å². The summed E-state index contributed by atoms with van der Waals surface area (Å²) in [4.78, 5) is 33.8. The summed E-state index contributed by atoms with van der Waals surface area (Å²) in [5, 5.41) is 24.5. The summed E-state index contributed by atoms with van der Waals surface area (Å²) in [5.74, 6) is -0.246. The van der Waals surface area contributed by atoms with Crippen molar-refractivity contribution in [2.24, 2.45) is 0 Å². The minimum absolute atomic E-state index is 0.0269. The van der Waals surface area contributed by atoms with Crippen LogP contribution in [0.3, 0.4) is 0 Å². The highest BCUT2D eigenvalue weighted by Gasteiger charge is 2.42. The molecule has 8 heteroatoms. The summed E-state index contributed by atoms with van der Waals surface area (Å²) in [6.45, 7) is 0. The van der Waals surface area contributed by atoms with E-state index in [4.69, 9.17) is 0 Å². The molecule has 1 fully saturated rings. The zero-order valence-electron chi connectivity index (χ0n) is 13.9. The van der Waals surface area contributed by atoms with Crippen molar-refractivity contribution in [1.29, 1.82) is 0 Å². The van der Waals surface area contributed by atoms with Crippen LogP contribution in [0, 0.1) is 20.2 Å². The first-order valence-corrected chi connectivity index (χ1v) is 8.23. The molecule has 8 nitrogen and oxygen atoms in total. The van der Waals surface area contributed by atoms with Crippen molar-refractivity contribution in [2.45, 2.75) is 31.1 Å². The van der Waals surface area contributed by atoms with Crippen LogP contribution >= 0.6 is 0 Å². The Morgan fingerprint density at radius 2 is 1.54 bits per heavy atom. The molecule has 26 heavy (non-hydrogen) atoms. The van der Waals surface area contributed by atoms with Gasteiger partial charge in [-0.3, -0.25) is 25.0 Å². The van der Waals surface area contributed by atoms with Crippen LogP contribution in [0.2, 0.25) is 0 Å². The molecule has 0 bridgehead atoms. The van der Waals surface area contributed by atoms with E-state index in [1.54, 1.807) is 18.2 Å². The number of nitro benzene ring substituents is 2. The third-order valence-electron chi connectivity index (χ3n) is 4.84. The normalized spacial score (nSPS) is 15.4. The molecule has 1 amide bonds. The SMILES string of the molecule is O=C(Nc1cccc([N+](=O)[O-])c1)C1(c2ccc([N+](=O)[O-])cc2)CCCC1. The summed E-state index contributed by atoms with van der Waals surface area (Å²) in [7, 11) is 0. The number of rotatable bonds is 5. The van der Waals surface area contributed by atoms with Gasteiger partial charge < -0.3 is 5.32 Å². The van der Waals surface area contributed by atoms with E-state index in [1.165, 1.54) is 30.3 Å². The van der Waals surface area contributed by atoms with Gasteiger partial charge in [0.15, 0.2) is 0 Å². The van der Waals surface area contributed by atoms with E-state index in [9.17, 15) is 25.0 Å². The van der Waals surface area contributed by atoms with Crippen LogP contribution in [-0.2, 0) is 10.2 Å². The second kappa shape index (κ2) is 6.91. The molecule has 0 aromatic heterocycles. The van der Waals surface area contributed by atoms with Crippen LogP contribution < -0.4 is 5.32 Å². The summed E-state index contributed by atoms with van der Waals surface area (Å²) in [6.07, 6.45) is 3.01. The number of hydrogen-bond acceptors (Lipinski definition) is 5. The maximum atomic E-state index is 13.0. The molecular formula is C18H17N3O5. The molecule has 0 saturated heterocycles. The highest BCUT2D eigenvalue weighted by Crippen LogP contribution is 2.42. The molecule has 0 spiro atoms. The Morgan fingerprint density at radius 1 is 0.923 bits per heavy atom. The van der Waals surface area contributed by atoms with E-state index in [-0.39, 0.29) is 17.3 Å². The number of nitrogens with zero attached hydrogens (tertiary/aromatic N) is 2. The first-order valence-electron chi connectivity index (χ1n) is 8.23. The third-order valence-corrected chi connectivity index (χ3v) is 4.84. The van der Waals surface area contributed by atoms with Gasteiger partial charge in [-0.15, -0.1) is 0 Å². The number of amides is 1. The van der Waals surface area contributed by atoms with E-state index in [1.807, 2.05) is 0 Å². The van der Waals surface area contributed by atoms with E-state index in [0.29, 0.717) is 18.5 Å². The summed E-state index contributed by atoms with van der Waals surface area (Å²) < 4.78 is 0. The lowest BCUT2D eigenvalue weighted by atomic mass is 9.78. The highest BCUT2D eigenvalue weighted by atomic mass is 16.6. The van der Waals surface area contributed by atoms with Gasteiger partial charge in [-0.25, -0.2) is 0 Å². The molecule has 1 N–H and O–H groups in total. The fourth-order valence-electron chi connectivity index (χ4n) is 3.48. The fourth-order valence-corrected chi connectivity index (χ4v) is 3.48. The predicted molar refractivity (Wildman–Crippen MR) is 95.0 cm³/mol. The molecule has 1 saturated carbocycles. The maximum Gasteiger partial charge on any atom is 0.271 e. The number of anilines is 1. The number of hydrogen-bond donors (Lipinski definition) is 1. The Morgan fingerprint density at radius 3 is 2.12 bits per heavy atom. The average molecular weight is 355 g/mol. The van der Waals surface area contributed by atoms with Crippen LogP contribution in [0.5, 0.6) is 0 Å². The van der Waals surface area contributed by atoms with Gasteiger partial charge in [-0.1, -0.05) is 31.0 Å². The highest BCUT2D eigenvalue weighted by molar-refractivity contribution is 5.99. The van der Waals surface area contributed by atoms with Gasteiger partial charge in [0.2, 0.25) is 5.91 Å². The lowest BCUT2D eigenvalue weighted by Crippen LogP contribution is -2.38. The van der Waals surface area contributed by atoms with Crippen LogP contribution in [0.25, 0.3) is 0 Å². The minimum atomic E-state index is -0.778. The largest absolute Gasteiger partial charge is 0.325 e. The third kappa shape index (κ3) is 3.26. The molecule has 0 unspecified atom stereocenters. The Labute approximate surface area is 149 Å². The van der Waals surface area contributed by atoms with Crippen molar-refractivity contribution in [3.05, 3.63) is 74.3 Å². The van der Waals surface area contributed by atoms with Gasteiger partial charge in [0, 0.05) is 30.0 Å². The molecule has 0 radical (unpaired) electrons. The topological polar surface area (TPSA) is 115 Å². The van der Waals surface area contributed by atoms with Crippen molar-refractivity contribution in [2.75, 3.05) is 5.32 Å². The van der Waals surface area contributed by atoms with Crippen molar-refractivity contribution in [3.63, 3.8) is 0 Å². The second-order valence-electron chi connectivity index (χ2n) is 6.35. The van der Waals surface area contributed by atoms with Crippen molar-refractivity contribution in [3.8, 4) is 0 Å². The monoisotopic (exact) mass is 355 g/mol. The summed E-state index contributed by atoms with van der Waals surface area (Å²) in [6, 6.07) is 11.8. The molecule has 134 valence electrons. The molecule has 0 heterocycles. The zero-order valence-corrected chi connectivity index (χ0v) is 13.9. The molecule has 0 atom stereocenters. The molecule has 3 rings (SSSR count). The van der Waals surface area contributed by atoms with Crippen molar-refractivity contribution in [1.82, 2.24) is 0 Å².